The summed E-state index contributed by atoms with van der Waals surface area (Å²) in [5.41, 5.74) is 3.74. The van der Waals surface area contributed by atoms with Crippen LogP contribution in [0.3, 0.4) is 0 Å². The molecule has 180 valence electrons. The van der Waals surface area contributed by atoms with Gasteiger partial charge in [-0.1, -0.05) is 17.7 Å². The number of thiazole rings is 1. The fourth-order valence-corrected chi connectivity index (χ4v) is 6.53. The maximum atomic E-state index is 13.0. The van der Waals surface area contributed by atoms with Crippen molar-refractivity contribution < 1.29 is 17.9 Å². The number of hydrogen-bond acceptors (Lipinski definition) is 6. The maximum Gasteiger partial charge on any atom is 0.257 e. The standard InChI is InChI=1S/C25H22ClN3O4S2/c1-16-2-9-22-23(14-16)34-25(28-22)17-3-5-18(6-4-17)27-24(30)20-15-19(7-8-21(20)26)35(31,32)29-10-12-33-13-11-29/h2-9,14-15H,10-13H2,1H3,(H,27,30). The number of carbonyl (C=O) groups is 1. The highest BCUT2D eigenvalue weighted by atomic mass is 35.5. The third kappa shape index (κ3) is 4.96. The fraction of sp³-hybridized carbons (Fsp3) is 0.200. The molecule has 10 heteroatoms. The number of rotatable bonds is 5. The number of carbonyl (C=O) groups excluding carboxylic acids is 1. The zero-order valence-corrected chi connectivity index (χ0v) is 21.2. The highest BCUT2D eigenvalue weighted by Gasteiger charge is 2.27. The predicted molar refractivity (Wildman–Crippen MR) is 139 cm³/mol. The predicted octanol–water partition coefficient (Wildman–Crippen LogP) is 5.20. The molecule has 0 radical (unpaired) electrons. The molecule has 4 aromatic rings. The lowest BCUT2D eigenvalue weighted by Gasteiger charge is -2.26. The van der Waals surface area contributed by atoms with E-state index in [1.54, 1.807) is 23.5 Å². The summed E-state index contributed by atoms with van der Waals surface area (Å²) >= 11 is 7.87. The quantitative estimate of drug-likeness (QED) is 0.385. The Kier molecular flexibility index (Phi) is 6.61. The van der Waals surface area contributed by atoms with Gasteiger partial charge in [-0.05, 0) is 67.1 Å². The monoisotopic (exact) mass is 527 g/mol. The highest BCUT2D eigenvalue weighted by molar-refractivity contribution is 7.89. The molecule has 1 amide bonds. The maximum absolute atomic E-state index is 13.0. The van der Waals surface area contributed by atoms with Crippen molar-refractivity contribution in [3.8, 4) is 10.6 Å². The van der Waals surface area contributed by atoms with Crippen LogP contribution in [0.1, 0.15) is 15.9 Å². The van der Waals surface area contributed by atoms with Gasteiger partial charge in [0.25, 0.3) is 5.91 Å². The first kappa shape index (κ1) is 23.9. The van der Waals surface area contributed by atoms with Crippen molar-refractivity contribution in [2.75, 3.05) is 31.6 Å². The van der Waals surface area contributed by atoms with Crippen LogP contribution in [-0.2, 0) is 14.8 Å². The number of hydrogen-bond donors (Lipinski definition) is 1. The van der Waals surface area contributed by atoms with Crippen molar-refractivity contribution in [1.82, 2.24) is 9.29 Å². The Hall–Kier alpha value is -2.82. The Balaban J connectivity index is 1.35. The van der Waals surface area contributed by atoms with Crippen LogP contribution < -0.4 is 5.32 Å². The Morgan fingerprint density at radius 1 is 1.06 bits per heavy atom. The number of fused-ring (bicyclic) bond motifs is 1. The van der Waals surface area contributed by atoms with Gasteiger partial charge in [0, 0.05) is 24.3 Å². The normalized spacial score (nSPS) is 14.8. The first-order valence-corrected chi connectivity index (χ1v) is 13.6. The topological polar surface area (TPSA) is 88.6 Å². The van der Waals surface area contributed by atoms with Crippen molar-refractivity contribution >= 4 is 54.8 Å². The van der Waals surface area contributed by atoms with Crippen LogP contribution in [0.15, 0.2) is 65.6 Å². The van der Waals surface area contributed by atoms with E-state index in [4.69, 9.17) is 21.3 Å². The van der Waals surface area contributed by atoms with Gasteiger partial charge in [0.15, 0.2) is 0 Å². The fourth-order valence-electron chi connectivity index (χ4n) is 3.82. The lowest BCUT2D eigenvalue weighted by molar-refractivity contribution is 0.0730. The van der Waals surface area contributed by atoms with E-state index in [-0.39, 0.29) is 28.6 Å². The Morgan fingerprint density at radius 3 is 2.54 bits per heavy atom. The van der Waals surface area contributed by atoms with Crippen LogP contribution in [0, 0.1) is 6.92 Å². The molecule has 1 aliphatic heterocycles. The number of benzene rings is 3. The van der Waals surface area contributed by atoms with Crippen LogP contribution in [0.2, 0.25) is 5.02 Å². The van der Waals surface area contributed by atoms with Gasteiger partial charge in [0.05, 0.1) is 38.9 Å². The van der Waals surface area contributed by atoms with Crippen LogP contribution in [-0.4, -0.2) is 49.9 Å². The molecule has 0 atom stereocenters. The third-order valence-corrected chi connectivity index (χ3v) is 9.02. The number of morpholine rings is 1. The van der Waals surface area contributed by atoms with E-state index in [0.717, 1.165) is 20.8 Å². The first-order chi connectivity index (χ1) is 16.8. The highest BCUT2D eigenvalue weighted by Crippen LogP contribution is 2.31. The lowest BCUT2D eigenvalue weighted by atomic mass is 10.2. The van der Waals surface area contributed by atoms with E-state index in [0.29, 0.717) is 18.9 Å². The largest absolute Gasteiger partial charge is 0.379 e. The number of aryl methyl sites for hydroxylation is 1. The van der Waals surface area contributed by atoms with Crippen LogP contribution in [0.25, 0.3) is 20.8 Å². The minimum atomic E-state index is -3.75. The summed E-state index contributed by atoms with van der Waals surface area (Å²) in [5, 5.41) is 3.87. The van der Waals surface area contributed by atoms with E-state index >= 15 is 0 Å². The SMILES string of the molecule is Cc1ccc2nc(-c3ccc(NC(=O)c4cc(S(=O)(=O)N5CCOCC5)ccc4Cl)cc3)sc2c1. The summed E-state index contributed by atoms with van der Waals surface area (Å²) in [6.45, 7) is 3.27. The minimum Gasteiger partial charge on any atom is -0.379 e. The van der Waals surface area contributed by atoms with E-state index in [9.17, 15) is 13.2 Å². The van der Waals surface area contributed by atoms with Crippen LogP contribution in [0.5, 0.6) is 0 Å². The number of halogens is 1. The molecule has 0 unspecified atom stereocenters. The summed E-state index contributed by atoms with van der Waals surface area (Å²) in [6, 6.07) is 17.7. The van der Waals surface area contributed by atoms with Crippen molar-refractivity contribution in [2.45, 2.75) is 11.8 Å². The molecular formula is C25H22ClN3O4S2. The zero-order chi connectivity index (χ0) is 24.6. The van der Waals surface area contributed by atoms with Crippen molar-refractivity contribution in [3.05, 3.63) is 76.8 Å². The third-order valence-electron chi connectivity index (χ3n) is 5.72. The zero-order valence-electron chi connectivity index (χ0n) is 18.8. The molecule has 0 spiro atoms. The lowest BCUT2D eigenvalue weighted by Crippen LogP contribution is -2.40. The Labute approximate surface area is 212 Å². The van der Waals surface area contributed by atoms with Crippen molar-refractivity contribution in [1.29, 1.82) is 0 Å². The average molecular weight is 528 g/mol. The number of nitrogens with zero attached hydrogens (tertiary/aromatic N) is 2. The molecule has 7 nitrogen and oxygen atoms in total. The second-order valence-electron chi connectivity index (χ2n) is 8.18. The van der Waals surface area contributed by atoms with Gasteiger partial charge < -0.3 is 10.1 Å². The summed E-state index contributed by atoms with van der Waals surface area (Å²) < 4.78 is 33.7. The first-order valence-electron chi connectivity index (χ1n) is 11.0. The smallest absolute Gasteiger partial charge is 0.257 e. The Bertz CT molecular complexity index is 1510. The molecule has 1 aromatic heterocycles. The van der Waals surface area contributed by atoms with E-state index < -0.39 is 15.9 Å². The van der Waals surface area contributed by atoms with Gasteiger partial charge in [0.1, 0.15) is 5.01 Å². The number of sulfonamides is 1. The molecule has 1 N–H and O–H groups in total. The van der Waals surface area contributed by atoms with Gasteiger partial charge >= 0.3 is 0 Å². The second-order valence-corrected chi connectivity index (χ2v) is 11.6. The van der Waals surface area contributed by atoms with Gasteiger partial charge in [-0.2, -0.15) is 4.31 Å². The van der Waals surface area contributed by atoms with Crippen LogP contribution >= 0.6 is 22.9 Å². The van der Waals surface area contributed by atoms with Crippen LogP contribution in [0.4, 0.5) is 5.69 Å². The molecule has 35 heavy (non-hydrogen) atoms. The molecule has 0 saturated carbocycles. The summed E-state index contributed by atoms with van der Waals surface area (Å²) in [6.07, 6.45) is 0. The minimum absolute atomic E-state index is 0.0235. The molecule has 3 aromatic carbocycles. The number of ether oxygens (including phenoxy) is 1. The molecule has 2 heterocycles. The second kappa shape index (κ2) is 9.67. The van der Waals surface area contributed by atoms with E-state index in [2.05, 4.69) is 18.3 Å². The molecule has 5 rings (SSSR count). The van der Waals surface area contributed by atoms with Gasteiger partial charge in [-0.15, -0.1) is 11.3 Å². The summed E-state index contributed by atoms with van der Waals surface area (Å²) in [7, 11) is -3.75. The average Bonchev–Trinajstić information content (AvgIpc) is 3.28. The van der Waals surface area contributed by atoms with Gasteiger partial charge in [0.2, 0.25) is 10.0 Å². The van der Waals surface area contributed by atoms with Gasteiger partial charge in [-0.25, -0.2) is 13.4 Å². The molecule has 0 aliphatic carbocycles. The van der Waals surface area contributed by atoms with Crippen molar-refractivity contribution in [2.24, 2.45) is 0 Å². The summed E-state index contributed by atoms with van der Waals surface area (Å²) in [5.74, 6) is -0.489. The molecule has 1 saturated heterocycles. The Morgan fingerprint density at radius 2 is 1.80 bits per heavy atom. The van der Waals surface area contributed by atoms with Crippen molar-refractivity contribution in [3.63, 3.8) is 0 Å². The van der Waals surface area contributed by atoms with E-state index in [1.807, 2.05) is 24.3 Å². The molecular weight excluding hydrogens is 506 g/mol. The van der Waals surface area contributed by atoms with E-state index in [1.165, 1.54) is 28.1 Å². The molecule has 1 fully saturated rings. The van der Waals surface area contributed by atoms with Gasteiger partial charge in [-0.3, -0.25) is 4.79 Å². The summed E-state index contributed by atoms with van der Waals surface area (Å²) in [4.78, 5) is 17.7. The number of aromatic nitrogens is 1. The number of nitrogens with one attached hydrogen (secondary N) is 1. The molecule has 1 aliphatic rings. The number of anilines is 1. The number of amides is 1. The molecule has 0 bridgehead atoms.